The van der Waals surface area contributed by atoms with Gasteiger partial charge in [-0.15, -0.1) is 0 Å². The number of amidine groups is 1. The van der Waals surface area contributed by atoms with Crippen LogP contribution in [0.3, 0.4) is 0 Å². The quantitative estimate of drug-likeness (QED) is 0.498. The van der Waals surface area contributed by atoms with Crippen LogP contribution >= 0.6 is 11.6 Å². The minimum absolute atomic E-state index is 0.312. The van der Waals surface area contributed by atoms with Gasteiger partial charge in [0.2, 0.25) is 0 Å². The second kappa shape index (κ2) is 12.0. The van der Waals surface area contributed by atoms with E-state index in [-0.39, 0.29) is 6.29 Å². The summed E-state index contributed by atoms with van der Waals surface area (Å²) in [6, 6.07) is 0. The molecule has 0 radical (unpaired) electrons. The molecule has 0 amide bonds. The SMILES string of the molecule is CCN(CC)CCCN1C(Cl)=NC(N)N(CCCN(CC)CC)C1N. The highest BCUT2D eigenvalue weighted by atomic mass is 35.5. The average molecular weight is 376 g/mol. The molecule has 0 aliphatic carbocycles. The molecule has 0 bridgehead atoms. The van der Waals surface area contributed by atoms with Crippen LogP contribution in [-0.2, 0) is 0 Å². The summed E-state index contributed by atoms with van der Waals surface area (Å²) in [7, 11) is 0. The first-order chi connectivity index (χ1) is 12.0. The van der Waals surface area contributed by atoms with Gasteiger partial charge in [-0.1, -0.05) is 27.7 Å². The van der Waals surface area contributed by atoms with Crippen LogP contribution in [0.2, 0.25) is 0 Å². The van der Waals surface area contributed by atoms with Crippen LogP contribution in [0.5, 0.6) is 0 Å². The molecule has 8 heteroatoms. The molecule has 0 aromatic heterocycles. The maximum absolute atomic E-state index is 6.45. The van der Waals surface area contributed by atoms with Crippen molar-refractivity contribution in [3.8, 4) is 0 Å². The van der Waals surface area contributed by atoms with E-state index >= 15 is 0 Å². The Kier molecular flexibility index (Phi) is 10.9. The van der Waals surface area contributed by atoms with Crippen LogP contribution in [0.15, 0.2) is 4.99 Å². The summed E-state index contributed by atoms with van der Waals surface area (Å²) < 4.78 is 0. The standard InChI is InChI=1S/C17H38ClN7/c1-5-22(6-2)11-9-13-24-15(18)21-16(19)25(17(24)20)14-10-12-23(7-3)8-4/h16-17H,5-14,19-20H2,1-4H3. The van der Waals surface area contributed by atoms with E-state index in [2.05, 4.69) is 42.5 Å². The maximum Gasteiger partial charge on any atom is 0.199 e. The van der Waals surface area contributed by atoms with Crippen molar-refractivity contribution in [1.29, 1.82) is 0 Å². The van der Waals surface area contributed by atoms with Crippen molar-refractivity contribution in [3.05, 3.63) is 0 Å². The number of hydrogen-bond acceptors (Lipinski definition) is 7. The molecule has 0 saturated carbocycles. The lowest BCUT2D eigenvalue weighted by Crippen LogP contribution is -2.64. The van der Waals surface area contributed by atoms with Gasteiger partial charge in [-0.2, -0.15) is 0 Å². The van der Waals surface area contributed by atoms with Crippen LogP contribution in [0.25, 0.3) is 0 Å². The predicted octanol–water partition coefficient (Wildman–Crippen LogP) is 1.15. The summed E-state index contributed by atoms with van der Waals surface area (Å²) in [6.45, 7) is 16.7. The number of nitrogens with two attached hydrogens (primary N) is 2. The Morgan fingerprint density at radius 1 is 0.920 bits per heavy atom. The molecular weight excluding hydrogens is 338 g/mol. The highest BCUT2D eigenvalue weighted by Gasteiger charge is 2.32. The van der Waals surface area contributed by atoms with Crippen molar-refractivity contribution in [2.75, 3.05) is 52.4 Å². The smallest absolute Gasteiger partial charge is 0.199 e. The third-order valence-electron chi connectivity index (χ3n) is 5.03. The Bertz CT molecular complexity index is 385. The highest BCUT2D eigenvalue weighted by Crippen LogP contribution is 2.16. The van der Waals surface area contributed by atoms with Gasteiger partial charge in [-0.05, 0) is 63.7 Å². The highest BCUT2D eigenvalue weighted by molar-refractivity contribution is 6.64. The number of halogens is 1. The molecule has 0 aromatic carbocycles. The average Bonchev–Trinajstić information content (AvgIpc) is 2.60. The molecule has 1 aliphatic heterocycles. The summed E-state index contributed by atoms with van der Waals surface area (Å²) in [6.07, 6.45) is 1.25. The Labute approximate surface area is 158 Å². The molecule has 7 nitrogen and oxygen atoms in total. The molecule has 0 fully saturated rings. The zero-order valence-electron chi connectivity index (χ0n) is 16.5. The van der Waals surface area contributed by atoms with Gasteiger partial charge in [0.05, 0.1) is 0 Å². The van der Waals surface area contributed by atoms with Crippen molar-refractivity contribution in [2.45, 2.75) is 53.1 Å². The largest absolute Gasteiger partial charge is 0.319 e. The molecule has 1 aliphatic rings. The van der Waals surface area contributed by atoms with E-state index in [4.69, 9.17) is 23.1 Å². The molecule has 2 unspecified atom stereocenters. The normalized spacial score (nSPS) is 22.1. The van der Waals surface area contributed by atoms with E-state index in [1.54, 1.807) is 0 Å². The summed E-state index contributed by atoms with van der Waals surface area (Å²) in [4.78, 5) is 13.2. The Morgan fingerprint density at radius 3 is 1.88 bits per heavy atom. The number of nitrogens with zero attached hydrogens (tertiary/aromatic N) is 5. The van der Waals surface area contributed by atoms with Gasteiger partial charge in [0.1, 0.15) is 6.29 Å². The third-order valence-corrected chi connectivity index (χ3v) is 5.34. The molecule has 148 valence electrons. The molecule has 25 heavy (non-hydrogen) atoms. The predicted molar refractivity (Wildman–Crippen MR) is 107 cm³/mol. The minimum Gasteiger partial charge on any atom is -0.319 e. The van der Waals surface area contributed by atoms with Crippen LogP contribution in [0.1, 0.15) is 40.5 Å². The van der Waals surface area contributed by atoms with E-state index in [0.717, 1.165) is 65.2 Å². The van der Waals surface area contributed by atoms with Crippen LogP contribution in [0, 0.1) is 0 Å². The zero-order valence-corrected chi connectivity index (χ0v) is 17.3. The van der Waals surface area contributed by atoms with Crippen molar-refractivity contribution in [2.24, 2.45) is 16.5 Å². The molecule has 2 atom stereocenters. The number of aliphatic imine (C=N–C) groups is 1. The van der Waals surface area contributed by atoms with Gasteiger partial charge in [-0.3, -0.25) is 11.5 Å². The molecule has 0 saturated heterocycles. The molecule has 0 spiro atoms. The topological polar surface area (TPSA) is 77.4 Å². The van der Waals surface area contributed by atoms with Gasteiger partial charge in [-0.25, -0.2) is 9.89 Å². The fourth-order valence-electron chi connectivity index (χ4n) is 3.21. The fourth-order valence-corrected chi connectivity index (χ4v) is 3.50. The molecule has 1 heterocycles. The minimum atomic E-state index is -0.460. The van der Waals surface area contributed by atoms with Gasteiger partial charge >= 0.3 is 0 Å². The zero-order chi connectivity index (χ0) is 18.8. The van der Waals surface area contributed by atoms with Crippen molar-refractivity contribution < 1.29 is 0 Å². The van der Waals surface area contributed by atoms with Crippen molar-refractivity contribution in [3.63, 3.8) is 0 Å². The number of rotatable bonds is 12. The summed E-state index contributed by atoms with van der Waals surface area (Å²) in [5.41, 5.74) is 12.6. The Hall–Kier alpha value is -0.440. The lowest BCUT2D eigenvalue weighted by atomic mass is 10.3. The van der Waals surface area contributed by atoms with Crippen molar-refractivity contribution in [1.82, 2.24) is 19.6 Å². The summed E-state index contributed by atoms with van der Waals surface area (Å²) >= 11 is 6.32. The molecule has 0 aromatic rings. The Morgan fingerprint density at radius 2 is 1.40 bits per heavy atom. The van der Waals surface area contributed by atoms with E-state index in [1.165, 1.54) is 0 Å². The van der Waals surface area contributed by atoms with E-state index < -0.39 is 6.29 Å². The maximum atomic E-state index is 6.45. The monoisotopic (exact) mass is 375 g/mol. The van der Waals surface area contributed by atoms with E-state index in [9.17, 15) is 0 Å². The first-order valence-corrected chi connectivity index (χ1v) is 10.1. The first-order valence-electron chi connectivity index (χ1n) is 9.69. The van der Waals surface area contributed by atoms with Crippen LogP contribution in [0.4, 0.5) is 0 Å². The molecule has 4 N–H and O–H groups in total. The van der Waals surface area contributed by atoms with Gasteiger partial charge in [0.25, 0.3) is 0 Å². The third kappa shape index (κ3) is 7.00. The van der Waals surface area contributed by atoms with Gasteiger partial charge in [0.15, 0.2) is 11.6 Å². The lowest BCUT2D eigenvalue weighted by Gasteiger charge is -2.43. The van der Waals surface area contributed by atoms with E-state index in [0.29, 0.717) is 5.29 Å². The van der Waals surface area contributed by atoms with Crippen molar-refractivity contribution >= 4 is 16.9 Å². The second-order valence-electron chi connectivity index (χ2n) is 6.42. The molecular formula is C17H38ClN7. The summed E-state index contributed by atoms with van der Waals surface area (Å²) in [5, 5.41) is 0.430. The Balaban J connectivity index is 2.55. The number of hydrogen-bond donors (Lipinski definition) is 2. The second-order valence-corrected chi connectivity index (χ2v) is 6.76. The lowest BCUT2D eigenvalue weighted by molar-refractivity contribution is 0.0390. The van der Waals surface area contributed by atoms with E-state index in [1.807, 2.05) is 9.80 Å². The molecule has 1 rings (SSSR count). The van der Waals surface area contributed by atoms with Gasteiger partial charge < -0.3 is 14.7 Å². The van der Waals surface area contributed by atoms with Gasteiger partial charge in [0, 0.05) is 13.1 Å². The van der Waals surface area contributed by atoms with Crippen LogP contribution in [-0.4, -0.2) is 89.8 Å². The first kappa shape index (κ1) is 22.6. The van der Waals surface area contributed by atoms with Crippen LogP contribution < -0.4 is 11.5 Å². The summed E-state index contributed by atoms with van der Waals surface area (Å²) in [5.74, 6) is 0. The fraction of sp³-hybridized carbons (Fsp3) is 0.941.